The normalized spacial score (nSPS) is 11.9. The first-order valence-electron chi connectivity index (χ1n) is 19.0. The maximum atomic E-state index is 11.5. The molecule has 0 atom stereocenters. The Morgan fingerprint density at radius 1 is 0.481 bits per heavy atom. The van der Waals surface area contributed by atoms with Gasteiger partial charge in [-0.2, -0.15) is 0 Å². The smallest absolute Gasteiger partial charge is 0.305 e. The molecule has 0 aliphatic heterocycles. The van der Waals surface area contributed by atoms with Gasteiger partial charge in [-0.1, -0.05) is 81.4 Å². The average molecular weight is 781 g/mol. The monoisotopic (exact) mass is 780 g/mol. The summed E-state index contributed by atoms with van der Waals surface area (Å²) in [6.07, 6.45) is 1.23. The molecule has 0 amide bonds. The topological polar surface area (TPSA) is 147 Å². The molecule has 13 nitrogen and oxygen atoms in total. The minimum Gasteiger partial charge on any atom is -0.481 e. The number of unbranched alkanes of at least 4 members (excludes halogenated alkanes) is 1. The SMILES string of the molecule is CC(C)(C)[Si](OCCOCCOCCOCCOCCOCCOCCOCCOCCOC(=O)CCCCC(=O)O)(c1ccccc1)c1ccccc1. The number of ether oxygens (including phenoxy) is 9. The van der Waals surface area contributed by atoms with Crippen molar-refractivity contribution < 1.29 is 61.8 Å². The van der Waals surface area contributed by atoms with Gasteiger partial charge in [0.05, 0.1) is 112 Å². The van der Waals surface area contributed by atoms with E-state index in [1.807, 2.05) is 12.1 Å². The van der Waals surface area contributed by atoms with Crippen molar-refractivity contribution in [2.24, 2.45) is 0 Å². The molecule has 0 saturated heterocycles. The van der Waals surface area contributed by atoms with E-state index in [4.69, 9.17) is 52.2 Å². The van der Waals surface area contributed by atoms with Crippen LogP contribution in [-0.4, -0.2) is 144 Å². The molecule has 0 aromatic heterocycles. The Morgan fingerprint density at radius 3 is 1.13 bits per heavy atom. The van der Waals surface area contributed by atoms with Gasteiger partial charge in [-0.3, -0.25) is 9.59 Å². The van der Waals surface area contributed by atoms with Crippen molar-refractivity contribution >= 4 is 30.6 Å². The zero-order valence-corrected chi connectivity index (χ0v) is 33.7. The summed E-state index contributed by atoms with van der Waals surface area (Å²) in [7, 11) is -2.55. The lowest BCUT2D eigenvalue weighted by atomic mass is 10.2. The number of hydrogen-bond donors (Lipinski definition) is 1. The lowest BCUT2D eigenvalue weighted by Gasteiger charge is -2.43. The van der Waals surface area contributed by atoms with Crippen LogP contribution < -0.4 is 10.4 Å². The molecule has 0 spiro atoms. The maximum Gasteiger partial charge on any atom is 0.305 e. The third-order valence-corrected chi connectivity index (χ3v) is 13.1. The van der Waals surface area contributed by atoms with Crippen LogP contribution in [0.5, 0.6) is 0 Å². The molecule has 0 aliphatic carbocycles. The fourth-order valence-corrected chi connectivity index (χ4v) is 10.0. The first-order chi connectivity index (χ1) is 26.3. The molecule has 0 radical (unpaired) electrons. The highest BCUT2D eigenvalue weighted by Crippen LogP contribution is 2.36. The average Bonchev–Trinajstić information content (AvgIpc) is 3.16. The number of esters is 1. The van der Waals surface area contributed by atoms with Crippen LogP contribution in [0.4, 0.5) is 0 Å². The number of carboxylic acid groups (broad SMARTS) is 1. The Bertz CT molecular complexity index is 1160. The van der Waals surface area contributed by atoms with Gasteiger partial charge in [-0.25, -0.2) is 0 Å². The van der Waals surface area contributed by atoms with Gasteiger partial charge < -0.3 is 52.2 Å². The van der Waals surface area contributed by atoms with E-state index in [2.05, 4.69) is 69.3 Å². The quantitative estimate of drug-likeness (QED) is 0.0614. The highest BCUT2D eigenvalue weighted by atomic mass is 28.4. The summed E-state index contributed by atoms with van der Waals surface area (Å²) in [6.45, 7) is 14.8. The Hall–Kier alpha value is -2.76. The number of carboxylic acids is 1. The van der Waals surface area contributed by atoms with Crippen molar-refractivity contribution in [2.45, 2.75) is 51.5 Å². The van der Waals surface area contributed by atoms with Crippen molar-refractivity contribution in [3.63, 3.8) is 0 Å². The number of carbonyl (C=O) groups excluding carboxylic acids is 1. The Labute approximate surface area is 322 Å². The molecule has 306 valence electrons. The number of hydrogen-bond acceptors (Lipinski definition) is 12. The molecule has 0 fully saturated rings. The molecule has 0 unspecified atom stereocenters. The maximum absolute atomic E-state index is 11.5. The molecule has 2 rings (SSSR count). The van der Waals surface area contributed by atoms with Crippen LogP contribution in [0, 0.1) is 0 Å². The predicted octanol–water partition coefficient (Wildman–Crippen LogP) is 3.88. The summed E-state index contributed by atoms with van der Waals surface area (Å²) < 4.78 is 56.2. The number of carbonyl (C=O) groups is 2. The standard InChI is InChI=1S/C40H64O13Si/c1-40(2,3)54(36-12-6-4-7-13-36,37-14-8-5-9-15-37)53-35-33-51-31-29-49-27-25-47-23-21-45-19-18-44-20-22-46-24-26-48-28-30-50-32-34-52-39(43)17-11-10-16-38(41)42/h4-9,12-15H,10-11,16-35H2,1-3H3,(H,41,42). The van der Waals surface area contributed by atoms with Gasteiger partial charge in [-0.05, 0) is 28.3 Å². The van der Waals surface area contributed by atoms with E-state index >= 15 is 0 Å². The molecular weight excluding hydrogens is 717 g/mol. The van der Waals surface area contributed by atoms with Gasteiger partial charge in [-0.15, -0.1) is 0 Å². The van der Waals surface area contributed by atoms with Gasteiger partial charge in [0.2, 0.25) is 0 Å². The lowest BCUT2D eigenvalue weighted by molar-refractivity contribution is -0.146. The third kappa shape index (κ3) is 21.4. The third-order valence-electron chi connectivity index (χ3n) is 8.08. The molecule has 2 aromatic carbocycles. The van der Waals surface area contributed by atoms with E-state index in [-0.39, 0.29) is 37.1 Å². The van der Waals surface area contributed by atoms with Crippen molar-refractivity contribution in [1.29, 1.82) is 0 Å². The zero-order valence-electron chi connectivity index (χ0n) is 32.7. The Balaban J connectivity index is 1.32. The minimum absolute atomic E-state index is 0.0595. The molecule has 0 heterocycles. The molecular formula is C40H64O13Si. The summed E-state index contributed by atoms with van der Waals surface area (Å²) in [5.74, 6) is -1.21. The first kappa shape index (κ1) is 47.4. The van der Waals surface area contributed by atoms with Gasteiger partial charge in [0.1, 0.15) is 6.61 Å². The molecule has 1 N–H and O–H groups in total. The van der Waals surface area contributed by atoms with Gasteiger partial charge >= 0.3 is 11.9 Å². The summed E-state index contributed by atoms with van der Waals surface area (Å²) in [4.78, 5) is 21.9. The van der Waals surface area contributed by atoms with Crippen LogP contribution >= 0.6 is 0 Å². The highest BCUT2D eigenvalue weighted by Gasteiger charge is 2.50. The van der Waals surface area contributed by atoms with Crippen LogP contribution in [0.3, 0.4) is 0 Å². The molecule has 0 bridgehead atoms. The summed E-state index contributed by atoms with van der Waals surface area (Å²) in [5.41, 5.74) is 0. The Kier molecular flexibility index (Phi) is 26.7. The molecule has 2 aromatic rings. The second kappa shape index (κ2) is 30.5. The van der Waals surface area contributed by atoms with Crippen LogP contribution in [0.15, 0.2) is 60.7 Å². The van der Waals surface area contributed by atoms with Gasteiger partial charge in [0, 0.05) is 12.8 Å². The molecule has 0 aliphatic rings. The molecule has 54 heavy (non-hydrogen) atoms. The van der Waals surface area contributed by atoms with Crippen molar-refractivity contribution in [1.82, 2.24) is 0 Å². The lowest BCUT2D eigenvalue weighted by Crippen LogP contribution is -2.66. The van der Waals surface area contributed by atoms with Crippen molar-refractivity contribution in [2.75, 3.05) is 119 Å². The van der Waals surface area contributed by atoms with Crippen LogP contribution in [0.2, 0.25) is 5.04 Å². The summed E-state index contributed by atoms with van der Waals surface area (Å²) >= 11 is 0. The Morgan fingerprint density at radius 2 is 0.796 bits per heavy atom. The van der Waals surface area contributed by atoms with E-state index < -0.39 is 14.3 Å². The van der Waals surface area contributed by atoms with E-state index in [0.29, 0.717) is 119 Å². The largest absolute Gasteiger partial charge is 0.481 e. The summed E-state index contributed by atoms with van der Waals surface area (Å²) in [5, 5.41) is 11.0. The molecule has 14 heteroatoms. The van der Waals surface area contributed by atoms with Gasteiger partial charge in [0.15, 0.2) is 0 Å². The van der Waals surface area contributed by atoms with Crippen LogP contribution in [0.25, 0.3) is 0 Å². The van der Waals surface area contributed by atoms with Crippen LogP contribution in [0.1, 0.15) is 46.5 Å². The second-order valence-electron chi connectivity index (χ2n) is 13.2. The van der Waals surface area contributed by atoms with Crippen LogP contribution in [-0.2, 0) is 56.6 Å². The molecule has 0 saturated carbocycles. The van der Waals surface area contributed by atoms with E-state index in [9.17, 15) is 9.59 Å². The number of benzene rings is 2. The first-order valence-corrected chi connectivity index (χ1v) is 20.9. The zero-order chi connectivity index (χ0) is 39.0. The van der Waals surface area contributed by atoms with Crippen molar-refractivity contribution in [3.05, 3.63) is 60.7 Å². The van der Waals surface area contributed by atoms with Gasteiger partial charge in [0.25, 0.3) is 8.32 Å². The summed E-state index contributed by atoms with van der Waals surface area (Å²) in [6, 6.07) is 21.2. The van der Waals surface area contributed by atoms with E-state index in [1.165, 1.54) is 10.4 Å². The number of aliphatic carboxylic acids is 1. The second-order valence-corrected chi connectivity index (χ2v) is 17.5. The highest BCUT2D eigenvalue weighted by molar-refractivity contribution is 6.99. The number of rotatable bonds is 35. The minimum atomic E-state index is -2.55. The fraction of sp³-hybridized carbons (Fsp3) is 0.650. The van der Waals surface area contributed by atoms with Crippen molar-refractivity contribution in [3.8, 4) is 0 Å². The predicted molar refractivity (Wildman–Crippen MR) is 207 cm³/mol. The van der Waals surface area contributed by atoms with E-state index in [0.717, 1.165) is 0 Å². The van der Waals surface area contributed by atoms with E-state index in [1.54, 1.807) is 0 Å². The fourth-order valence-electron chi connectivity index (χ4n) is 5.49.